The van der Waals surface area contributed by atoms with E-state index in [1.807, 2.05) is 6.92 Å². The van der Waals surface area contributed by atoms with Crippen molar-refractivity contribution in [3.8, 4) is 11.4 Å². The Morgan fingerprint density at radius 1 is 1.47 bits per heavy atom. The molecule has 1 unspecified atom stereocenters. The summed E-state index contributed by atoms with van der Waals surface area (Å²) in [5.74, 6) is 0.0107. The highest BCUT2D eigenvalue weighted by atomic mass is 19.1. The first-order valence-corrected chi connectivity index (χ1v) is 6.13. The van der Waals surface area contributed by atoms with Crippen LogP contribution in [-0.4, -0.2) is 15.9 Å². The molecule has 19 heavy (non-hydrogen) atoms. The largest absolute Gasteiger partial charge is 0.338 e. The Balaban J connectivity index is 2.38. The lowest BCUT2D eigenvalue weighted by Crippen LogP contribution is -2.07. The number of aromatic nitrogens is 2. The highest BCUT2D eigenvalue weighted by Crippen LogP contribution is 2.25. The summed E-state index contributed by atoms with van der Waals surface area (Å²) >= 11 is 0. The van der Waals surface area contributed by atoms with Gasteiger partial charge in [0.2, 0.25) is 11.7 Å². The van der Waals surface area contributed by atoms with E-state index in [1.54, 1.807) is 13.0 Å². The van der Waals surface area contributed by atoms with E-state index in [9.17, 15) is 9.18 Å². The molecule has 1 aromatic carbocycles. The van der Waals surface area contributed by atoms with Gasteiger partial charge < -0.3 is 4.52 Å². The number of hydrogen-bond acceptors (Lipinski definition) is 4. The van der Waals surface area contributed by atoms with E-state index in [4.69, 9.17) is 4.52 Å². The second kappa shape index (κ2) is 5.30. The fraction of sp³-hybridized carbons (Fsp3) is 0.357. The number of hydrogen-bond donors (Lipinski definition) is 0. The van der Waals surface area contributed by atoms with Gasteiger partial charge in [0.15, 0.2) is 0 Å². The Morgan fingerprint density at radius 3 is 2.79 bits per heavy atom. The quantitative estimate of drug-likeness (QED) is 0.848. The average Bonchev–Trinajstić information content (AvgIpc) is 2.78. The number of rotatable bonds is 4. The minimum Gasteiger partial charge on any atom is -0.338 e. The topological polar surface area (TPSA) is 56.0 Å². The van der Waals surface area contributed by atoms with Crippen LogP contribution in [0.4, 0.5) is 4.39 Å². The Hall–Kier alpha value is -2.04. The molecular formula is C14H15FN2O2. The van der Waals surface area contributed by atoms with Crippen molar-refractivity contribution in [1.82, 2.24) is 10.1 Å². The second-order valence-corrected chi connectivity index (χ2v) is 4.49. The van der Waals surface area contributed by atoms with Crippen LogP contribution >= 0.6 is 0 Å². The van der Waals surface area contributed by atoms with Gasteiger partial charge in [-0.05, 0) is 44.0 Å². The second-order valence-electron chi connectivity index (χ2n) is 4.49. The lowest BCUT2D eigenvalue weighted by Gasteiger charge is -2.03. The number of carbonyl (C=O) groups excluding carboxylic acids is 1. The maximum absolute atomic E-state index is 13.0. The molecular weight excluding hydrogens is 247 g/mol. The molecule has 0 radical (unpaired) electrons. The summed E-state index contributed by atoms with van der Waals surface area (Å²) in [6.45, 7) is 5.16. The summed E-state index contributed by atoms with van der Waals surface area (Å²) in [6, 6.07) is 4.36. The van der Waals surface area contributed by atoms with Crippen LogP contribution in [-0.2, 0) is 4.79 Å². The third kappa shape index (κ3) is 2.70. The number of benzene rings is 1. The van der Waals surface area contributed by atoms with E-state index in [1.165, 1.54) is 19.1 Å². The fourth-order valence-electron chi connectivity index (χ4n) is 2.00. The highest BCUT2D eigenvalue weighted by Gasteiger charge is 2.22. The van der Waals surface area contributed by atoms with Gasteiger partial charge in [-0.2, -0.15) is 4.98 Å². The number of halogens is 1. The Labute approximate surface area is 110 Å². The van der Waals surface area contributed by atoms with Gasteiger partial charge in [-0.25, -0.2) is 4.39 Å². The normalized spacial score (nSPS) is 12.4. The van der Waals surface area contributed by atoms with E-state index < -0.39 is 0 Å². The molecule has 2 rings (SSSR count). The molecule has 0 bridgehead atoms. The van der Waals surface area contributed by atoms with E-state index >= 15 is 0 Å². The first-order valence-electron chi connectivity index (χ1n) is 6.13. The van der Waals surface area contributed by atoms with Gasteiger partial charge in [0.25, 0.3) is 0 Å². The van der Waals surface area contributed by atoms with Gasteiger partial charge in [0, 0.05) is 5.56 Å². The number of aryl methyl sites for hydroxylation is 1. The highest BCUT2D eigenvalue weighted by molar-refractivity contribution is 5.82. The smallest absolute Gasteiger partial charge is 0.237 e. The number of nitrogens with zero attached hydrogens (tertiary/aromatic N) is 2. The molecule has 100 valence electrons. The summed E-state index contributed by atoms with van der Waals surface area (Å²) in [7, 11) is 0. The Bertz CT molecular complexity index is 607. The van der Waals surface area contributed by atoms with Crippen LogP contribution in [0.5, 0.6) is 0 Å². The molecule has 0 spiro atoms. The molecule has 0 aliphatic rings. The van der Waals surface area contributed by atoms with Crippen LogP contribution in [0, 0.1) is 12.7 Å². The van der Waals surface area contributed by atoms with Crippen molar-refractivity contribution < 1.29 is 13.7 Å². The van der Waals surface area contributed by atoms with Crippen LogP contribution in [0.25, 0.3) is 11.4 Å². The van der Waals surface area contributed by atoms with Gasteiger partial charge in [-0.1, -0.05) is 12.1 Å². The van der Waals surface area contributed by atoms with Crippen molar-refractivity contribution in [3.05, 3.63) is 35.5 Å². The van der Waals surface area contributed by atoms with Crippen molar-refractivity contribution >= 4 is 5.78 Å². The fourth-order valence-corrected chi connectivity index (χ4v) is 2.00. The molecule has 0 fully saturated rings. The molecule has 5 heteroatoms. The van der Waals surface area contributed by atoms with Gasteiger partial charge in [0.1, 0.15) is 11.6 Å². The monoisotopic (exact) mass is 262 g/mol. The number of ketones is 1. The number of Topliss-reactive ketones (excluding diaryl/α,β-unsaturated/α-hetero) is 1. The zero-order chi connectivity index (χ0) is 14.0. The molecule has 1 aromatic heterocycles. The Morgan fingerprint density at radius 2 is 2.21 bits per heavy atom. The summed E-state index contributed by atoms with van der Waals surface area (Å²) in [6.07, 6.45) is 0.610. The van der Waals surface area contributed by atoms with E-state index in [2.05, 4.69) is 10.1 Å². The molecule has 0 aliphatic carbocycles. The molecule has 2 aromatic rings. The molecule has 0 aliphatic heterocycles. The zero-order valence-electron chi connectivity index (χ0n) is 11.1. The molecule has 1 atom stereocenters. The molecule has 1 heterocycles. The summed E-state index contributed by atoms with van der Waals surface area (Å²) in [5, 5.41) is 3.87. The van der Waals surface area contributed by atoms with E-state index in [-0.39, 0.29) is 17.5 Å². The third-order valence-electron chi connectivity index (χ3n) is 3.07. The van der Waals surface area contributed by atoms with E-state index in [0.717, 1.165) is 5.56 Å². The standard InChI is InChI=1S/C14H15FN2O2/c1-4-11(9(3)18)14-16-13(17-19-14)12-6-5-10(15)7-8(12)2/h5-7,11H,4H2,1-3H3. The van der Waals surface area contributed by atoms with Crippen molar-refractivity contribution in [2.24, 2.45) is 0 Å². The van der Waals surface area contributed by atoms with Crippen LogP contribution in [0.3, 0.4) is 0 Å². The maximum atomic E-state index is 13.0. The van der Waals surface area contributed by atoms with Crippen molar-refractivity contribution in [3.63, 3.8) is 0 Å². The predicted octanol–water partition coefficient (Wildman–Crippen LogP) is 3.27. The molecule has 4 nitrogen and oxygen atoms in total. The minimum atomic E-state index is -0.373. The van der Waals surface area contributed by atoms with Crippen LogP contribution in [0.2, 0.25) is 0 Å². The molecule has 0 saturated carbocycles. The SMILES string of the molecule is CCC(C(C)=O)c1nc(-c2ccc(F)cc2C)no1. The summed E-state index contributed by atoms with van der Waals surface area (Å²) < 4.78 is 18.2. The van der Waals surface area contributed by atoms with Gasteiger partial charge in [-0.3, -0.25) is 4.79 Å². The lowest BCUT2D eigenvalue weighted by atomic mass is 10.0. The molecule has 0 amide bonds. The lowest BCUT2D eigenvalue weighted by molar-refractivity contribution is -0.119. The van der Waals surface area contributed by atoms with Crippen LogP contribution in [0.15, 0.2) is 22.7 Å². The zero-order valence-corrected chi connectivity index (χ0v) is 11.1. The number of carbonyl (C=O) groups is 1. The summed E-state index contributed by atoms with van der Waals surface area (Å²) in [4.78, 5) is 15.7. The van der Waals surface area contributed by atoms with Crippen molar-refractivity contribution in [1.29, 1.82) is 0 Å². The van der Waals surface area contributed by atoms with Gasteiger partial charge >= 0.3 is 0 Å². The van der Waals surface area contributed by atoms with E-state index in [0.29, 0.717) is 23.7 Å². The average molecular weight is 262 g/mol. The third-order valence-corrected chi connectivity index (χ3v) is 3.07. The van der Waals surface area contributed by atoms with Crippen molar-refractivity contribution in [2.45, 2.75) is 33.1 Å². The minimum absolute atomic E-state index is 0.00599. The molecule has 0 saturated heterocycles. The van der Waals surface area contributed by atoms with Gasteiger partial charge in [-0.15, -0.1) is 0 Å². The van der Waals surface area contributed by atoms with Crippen LogP contribution in [0.1, 0.15) is 37.6 Å². The predicted molar refractivity (Wildman–Crippen MR) is 68.1 cm³/mol. The Kier molecular flexibility index (Phi) is 3.74. The molecule has 0 N–H and O–H groups in total. The van der Waals surface area contributed by atoms with Crippen molar-refractivity contribution in [2.75, 3.05) is 0 Å². The first kappa shape index (κ1) is 13.4. The van der Waals surface area contributed by atoms with Gasteiger partial charge in [0.05, 0.1) is 5.92 Å². The summed E-state index contributed by atoms with van der Waals surface area (Å²) in [5.41, 5.74) is 1.43. The van der Waals surface area contributed by atoms with Crippen LogP contribution < -0.4 is 0 Å². The maximum Gasteiger partial charge on any atom is 0.237 e. The first-order chi connectivity index (χ1) is 9.02.